The van der Waals surface area contributed by atoms with E-state index in [9.17, 15) is 19.7 Å². The summed E-state index contributed by atoms with van der Waals surface area (Å²) in [6, 6.07) is 49.8. The zero-order valence-electron chi connectivity index (χ0n) is 33.1. The second-order valence-corrected chi connectivity index (χ2v) is 14.7. The summed E-state index contributed by atoms with van der Waals surface area (Å²) in [6.45, 7) is 6.60. The molecule has 296 valence electrons. The van der Waals surface area contributed by atoms with Crippen molar-refractivity contribution in [3.8, 4) is 22.5 Å². The van der Waals surface area contributed by atoms with E-state index in [1.165, 1.54) is 18.2 Å². The molecule has 0 aliphatic carbocycles. The smallest absolute Gasteiger partial charge is 0.415 e. The van der Waals surface area contributed by atoms with Crippen molar-refractivity contribution in [2.45, 2.75) is 45.4 Å². The standard InChI is InChI=1S/C47H42N6O6/c1-5-58-44(54)40-26-17-27-41(53(56)57)42(40)51(45(55)59-46(2,3)4)32-33-28-30-34(31-29-33)38-24-15-16-25-39(38)43-48-49-50-52(43)47(35-18-9-6-10-19-35,36-20-11-7-12-21-36)37-22-13-8-14-23-37/h6-31H,5,32H2,1-4H3. The summed E-state index contributed by atoms with van der Waals surface area (Å²) in [5.74, 6) is -0.273. The van der Waals surface area contributed by atoms with Gasteiger partial charge >= 0.3 is 12.1 Å². The van der Waals surface area contributed by atoms with Crippen molar-refractivity contribution < 1.29 is 24.0 Å². The molecule has 0 aliphatic heterocycles. The number of nitro benzene ring substituents is 1. The fourth-order valence-corrected chi connectivity index (χ4v) is 7.28. The van der Waals surface area contributed by atoms with Gasteiger partial charge in [0.2, 0.25) is 0 Å². The third-order valence-electron chi connectivity index (χ3n) is 9.73. The highest BCUT2D eigenvalue weighted by Crippen LogP contribution is 2.43. The van der Waals surface area contributed by atoms with Gasteiger partial charge in [-0.15, -0.1) is 5.10 Å². The van der Waals surface area contributed by atoms with Crippen molar-refractivity contribution in [1.82, 2.24) is 20.2 Å². The lowest BCUT2D eigenvalue weighted by molar-refractivity contribution is -0.384. The number of rotatable bonds is 12. The molecule has 6 aromatic carbocycles. The van der Waals surface area contributed by atoms with Crippen molar-refractivity contribution in [3.63, 3.8) is 0 Å². The Morgan fingerprint density at radius 1 is 0.712 bits per heavy atom. The number of amides is 1. The first kappa shape index (κ1) is 39.8. The Hall–Kier alpha value is -7.47. The van der Waals surface area contributed by atoms with Gasteiger partial charge in [0.05, 0.1) is 23.6 Å². The summed E-state index contributed by atoms with van der Waals surface area (Å²) in [7, 11) is 0. The van der Waals surface area contributed by atoms with E-state index in [-0.39, 0.29) is 24.4 Å². The lowest BCUT2D eigenvalue weighted by Crippen LogP contribution is -2.39. The van der Waals surface area contributed by atoms with Crippen LogP contribution in [0.4, 0.5) is 16.2 Å². The quantitative estimate of drug-likeness (QED) is 0.0512. The molecule has 0 spiro atoms. The number of carbonyl (C=O) groups excluding carboxylic acids is 2. The van der Waals surface area contributed by atoms with Crippen LogP contribution in [-0.4, -0.2) is 49.4 Å². The number of tetrazole rings is 1. The normalized spacial score (nSPS) is 11.5. The Morgan fingerprint density at radius 3 is 1.78 bits per heavy atom. The second-order valence-electron chi connectivity index (χ2n) is 14.7. The second kappa shape index (κ2) is 16.9. The average molecular weight is 787 g/mol. The van der Waals surface area contributed by atoms with E-state index >= 15 is 0 Å². The molecule has 0 radical (unpaired) electrons. The lowest BCUT2D eigenvalue weighted by Gasteiger charge is -2.36. The molecule has 0 saturated heterocycles. The predicted octanol–water partition coefficient (Wildman–Crippen LogP) is 9.87. The van der Waals surface area contributed by atoms with Crippen LogP contribution < -0.4 is 4.90 Å². The van der Waals surface area contributed by atoms with Crippen molar-refractivity contribution in [3.05, 3.63) is 196 Å². The molecule has 0 bridgehead atoms. The van der Waals surface area contributed by atoms with Crippen LogP contribution in [0.25, 0.3) is 22.5 Å². The summed E-state index contributed by atoms with van der Waals surface area (Å²) in [5.41, 5.74) is 3.25. The molecule has 7 aromatic rings. The molecule has 0 aliphatic rings. The van der Waals surface area contributed by atoms with Crippen LogP contribution >= 0.6 is 0 Å². The molecular formula is C47H42N6O6. The summed E-state index contributed by atoms with van der Waals surface area (Å²) in [5, 5.41) is 26.0. The minimum Gasteiger partial charge on any atom is -0.462 e. The molecule has 0 unspecified atom stereocenters. The first-order valence-corrected chi connectivity index (χ1v) is 19.1. The van der Waals surface area contributed by atoms with Crippen LogP contribution in [0.2, 0.25) is 0 Å². The molecule has 12 heteroatoms. The number of esters is 1. The van der Waals surface area contributed by atoms with Gasteiger partial charge in [-0.05, 0) is 77.6 Å². The van der Waals surface area contributed by atoms with Crippen LogP contribution in [0.3, 0.4) is 0 Å². The number of carbonyl (C=O) groups is 2. The van der Waals surface area contributed by atoms with Gasteiger partial charge in [0.25, 0.3) is 5.69 Å². The van der Waals surface area contributed by atoms with Crippen LogP contribution in [0.5, 0.6) is 0 Å². The van der Waals surface area contributed by atoms with E-state index in [1.807, 2.05) is 108 Å². The monoisotopic (exact) mass is 786 g/mol. The highest BCUT2D eigenvalue weighted by Gasteiger charge is 2.42. The van der Waals surface area contributed by atoms with Gasteiger partial charge in [-0.2, -0.15) is 0 Å². The average Bonchev–Trinajstić information content (AvgIpc) is 3.74. The molecule has 1 amide bonds. The molecule has 0 N–H and O–H groups in total. The van der Waals surface area contributed by atoms with Gasteiger partial charge < -0.3 is 9.47 Å². The molecule has 0 saturated carbocycles. The minimum absolute atomic E-state index is 0.0362. The SMILES string of the molecule is CCOC(=O)c1cccc([N+](=O)[O-])c1N(Cc1ccc(-c2ccccc2-c2nnnn2C(c2ccccc2)(c2ccccc2)c2ccccc2)cc1)C(=O)OC(C)(C)C. The van der Waals surface area contributed by atoms with Gasteiger partial charge in [0.1, 0.15) is 16.8 Å². The van der Waals surface area contributed by atoms with E-state index in [4.69, 9.17) is 14.7 Å². The maximum absolute atomic E-state index is 13.9. The van der Waals surface area contributed by atoms with E-state index in [0.717, 1.165) is 38.3 Å². The van der Waals surface area contributed by atoms with Crippen LogP contribution in [0.15, 0.2) is 158 Å². The summed E-state index contributed by atoms with van der Waals surface area (Å²) in [4.78, 5) is 39.8. The van der Waals surface area contributed by atoms with E-state index in [2.05, 4.69) is 46.7 Å². The summed E-state index contributed by atoms with van der Waals surface area (Å²) < 4.78 is 12.9. The van der Waals surface area contributed by atoms with E-state index in [1.54, 1.807) is 27.7 Å². The number of benzene rings is 6. The molecule has 12 nitrogen and oxygen atoms in total. The Bertz CT molecular complexity index is 2480. The molecule has 0 atom stereocenters. The molecular weight excluding hydrogens is 745 g/mol. The van der Waals surface area contributed by atoms with Crippen LogP contribution in [-0.2, 0) is 21.6 Å². The summed E-state index contributed by atoms with van der Waals surface area (Å²) >= 11 is 0. The van der Waals surface area contributed by atoms with Gasteiger partial charge in [-0.1, -0.05) is 146 Å². The lowest BCUT2D eigenvalue weighted by atomic mass is 9.77. The van der Waals surface area contributed by atoms with E-state index in [0.29, 0.717) is 11.4 Å². The number of anilines is 1. The first-order chi connectivity index (χ1) is 28.5. The third-order valence-corrected chi connectivity index (χ3v) is 9.73. The molecule has 7 rings (SSSR count). The van der Waals surface area contributed by atoms with Gasteiger partial charge in [-0.3, -0.25) is 15.0 Å². The maximum atomic E-state index is 13.9. The number of nitrogens with zero attached hydrogens (tertiary/aromatic N) is 6. The fourth-order valence-electron chi connectivity index (χ4n) is 7.28. The Kier molecular flexibility index (Phi) is 11.4. The van der Waals surface area contributed by atoms with Crippen LogP contribution in [0.1, 0.15) is 60.3 Å². The van der Waals surface area contributed by atoms with Gasteiger partial charge in [0.15, 0.2) is 5.82 Å². The van der Waals surface area contributed by atoms with Crippen LogP contribution in [0, 0.1) is 10.1 Å². The summed E-state index contributed by atoms with van der Waals surface area (Å²) in [6.07, 6.45) is -0.864. The molecule has 0 fully saturated rings. The Morgan fingerprint density at radius 2 is 1.25 bits per heavy atom. The number of hydrogen-bond acceptors (Lipinski definition) is 9. The maximum Gasteiger partial charge on any atom is 0.415 e. The fraction of sp³-hybridized carbons (Fsp3) is 0.170. The highest BCUT2D eigenvalue weighted by molar-refractivity contribution is 6.03. The van der Waals surface area contributed by atoms with Crippen molar-refractivity contribution in [1.29, 1.82) is 0 Å². The first-order valence-electron chi connectivity index (χ1n) is 19.1. The predicted molar refractivity (Wildman–Crippen MR) is 225 cm³/mol. The molecule has 1 aromatic heterocycles. The Labute approximate surface area is 341 Å². The van der Waals surface area contributed by atoms with E-state index < -0.39 is 33.8 Å². The molecule has 1 heterocycles. The highest BCUT2D eigenvalue weighted by atomic mass is 16.6. The number of hydrogen-bond donors (Lipinski definition) is 0. The molecule has 59 heavy (non-hydrogen) atoms. The Balaban J connectivity index is 1.33. The largest absolute Gasteiger partial charge is 0.462 e. The number of para-hydroxylation sites is 1. The van der Waals surface area contributed by atoms with Crippen molar-refractivity contribution in [2.24, 2.45) is 0 Å². The van der Waals surface area contributed by atoms with Gasteiger partial charge in [-0.25, -0.2) is 14.3 Å². The topological polar surface area (TPSA) is 143 Å². The zero-order valence-corrected chi connectivity index (χ0v) is 33.1. The number of aromatic nitrogens is 4. The van der Waals surface area contributed by atoms with Crippen molar-refractivity contribution >= 4 is 23.4 Å². The third kappa shape index (κ3) is 8.06. The van der Waals surface area contributed by atoms with Gasteiger partial charge in [0, 0.05) is 11.6 Å². The zero-order chi connectivity index (χ0) is 41.6. The number of nitro groups is 1. The van der Waals surface area contributed by atoms with Crippen molar-refractivity contribution in [2.75, 3.05) is 11.5 Å². The number of ether oxygens (including phenoxy) is 2. The minimum atomic E-state index is -0.965.